The van der Waals surface area contributed by atoms with Gasteiger partial charge in [-0.05, 0) is 38.4 Å². The number of carbonyl (C=O) groups is 1. The van der Waals surface area contributed by atoms with Gasteiger partial charge in [0, 0.05) is 31.6 Å². The van der Waals surface area contributed by atoms with Crippen molar-refractivity contribution in [1.82, 2.24) is 14.7 Å². The number of methoxy groups -OCH3 is 1. The van der Waals surface area contributed by atoms with Crippen molar-refractivity contribution in [2.45, 2.75) is 26.3 Å². The van der Waals surface area contributed by atoms with E-state index in [-0.39, 0.29) is 11.7 Å². The maximum atomic E-state index is 13.0. The molecule has 2 aromatic rings. The van der Waals surface area contributed by atoms with E-state index in [1.807, 2.05) is 38.2 Å². The van der Waals surface area contributed by atoms with Crippen molar-refractivity contribution in [3.8, 4) is 5.75 Å². The van der Waals surface area contributed by atoms with Gasteiger partial charge in [-0.25, -0.2) is 0 Å². The van der Waals surface area contributed by atoms with Crippen LogP contribution in [0.4, 0.5) is 0 Å². The highest BCUT2D eigenvalue weighted by atomic mass is 35.5. The number of rotatable bonds is 5. The largest absolute Gasteiger partial charge is 0.496 e. The SMILES string of the molecule is COc1ccccc1C(=O)C1CCCN(Cc2c(C)nn(C)c2Cl)C1. The second-order valence-electron chi connectivity index (χ2n) is 6.62. The second kappa shape index (κ2) is 7.58. The summed E-state index contributed by atoms with van der Waals surface area (Å²) in [6.45, 7) is 4.42. The van der Waals surface area contributed by atoms with Gasteiger partial charge in [0.1, 0.15) is 10.9 Å². The molecule has 0 bridgehead atoms. The molecule has 134 valence electrons. The first kappa shape index (κ1) is 18.0. The molecule has 1 atom stereocenters. The highest BCUT2D eigenvalue weighted by molar-refractivity contribution is 6.30. The molecule has 1 saturated heterocycles. The minimum absolute atomic E-state index is 0.0131. The van der Waals surface area contributed by atoms with Crippen molar-refractivity contribution < 1.29 is 9.53 Å². The molecule has 6 heteroatoms. The topological polar surface area (TPSA) is 47.4 Å². The summed E-state index contributed by atoms with van der Waals surface area (Å²) in [4.78, 5) is 15.3. The van der Waals surface area contributed by atoms with Crippen molar-refractivity contribution in [3.63, 3.8) is 0 Å². The summed E-state index contributed by atoms with van der Waals surface area (Å²) in [6, 6.07) is 7.46. The van der Waals surface area contributed by atoms with Crippen LogP contribution < -0.4 is 4.74 Å². The Balaban J connectivity index is 1.74. The molecule has 0 radical (unpaired) electrons. The lowest BCUT2D eigenvalue weighted by atomic mass is 9.89. The Hall–Kier alpha value is -1.85. The first-order chi connectivity index (χ1) is 12.0. The number of piperidine rings is 1. The number of nitrogens with zero attached hydrogens (tertiary/aromatic N) is 3. The third kappa shape index (κ3) is 3.72. The summed E-state index contributed by atoms with van der Waals surface area (Å²) < 4.78 is 7.05. The van der Waals surface area contributed by atoms with Gasteiger partial charge < -0.3 is 4.74 Å². The normalized spacial score (nSPS) is 18.3. The highest BCUT2D eigenvalue weighted by Gasteiger charge is 2.29. The molecule has 0 aliphatic carbocycles. The number of aromatic nitrogens is 2. The maximum Gasteiger partial charge on any atom is 0.170 e. The van der Waals surface area contributed by atoms with Crippen LogP contribution in [0.3, 0.4) is 0 Å². The van der Waals surface area contributed by atoms with Gasteiger partial charge in [0.05, 0.1) is 18.4 Å². The smallest absolute Gasteiger partial charge is 0.170 e. The van der Waals surface area contributed by atoms with Crippen LogP contribution >= 0.6 is 11.6 Å². The van der Waals surface area contributed by atoms with E-state index in [0.717, 1.165) is 43.7 Å². The summed E-state index contributed by atoms with van der Waals surface area (Å²) in [7, 11) is 3.45. The molecule has 1 fully saturated rings. The van der Waals surface area contributed by atoms with E-state index in [9.17, 15) is 4.79 Å². The number of ether oxygens (including phenoxy) is 1. The third-order valence-electron chi connectivity index (χ3n) is 4.90. The number of benzene rings is 1. The average molecular weight is 362 g/mol. The van der Waals surface area contributed by atoms with E-state index in [2.05, 4.69) is 10.00 Å². The summed E-state index contributed by atoms with van der Waals surface area (Å²) >= 11 is 6.36. The zero-order chi connectivity index (χ0) is 18.0. The predicted molar refractivity (Wildman–Crippen MR) is 98.3 cm³/mol. The molecule has 1 unspecified atom stereocenters. The Labute approximate surface area is 153 Å². The van der Waals surface area contributed by atoms with Gasteiger partial charge in [-0.2, -0.15) is 5.10 Å². The minimum atomic E-state index is -0.0131. The van der Waals surface area contributed by atoms with Crippen LogP contribution in [0.5, 0.6) is 5.75 Å². The minimum Gasteiger partial charge on any atom is -0.496 e. The van der Waals surface area contributed by atoms with Crippen molar-refractivity contribution >= 4 is 17.4 Å². The van der Waals surface area contributed by atoms with Gasteiger partial charge in [0.2, 0.25) is 0 Å². The van der Waals surface area contributed by atoms with Crippen LogP contribution in [-0.2, 0) is 13.6 Å². The van der Waals surface area contributed by atoms with Crippen molar-refractivity contribution in [2.24, 2.45) is 13.0 Å². The number of aryl methyl sites for hydroxylation is 2. The second-order valence-corrected chi connectivity index (χ2v) is 6.98. The van der Waals surface area contributed by atoms with Crippen molar-refractivity contribution in [1.29, 1.82) is 0 Å². The van der Waals surface area contributed by atoms with Gasteiger partial charge in [-0.15, -0.1) is 0 Å². The van der Waals surface area contributed by atoms with Crippen molar-refractivity contribution in [2.75, 3.05) is 20.2 Å². The predicted octanol–water partition coefficient (Wildman–Crippen LogP) is 3.49. The molecule has 0 saturated carbocycles. The Bertz CT molecular complexity index is 772. The average Bonchev–Trinajstić information content (AvgIpc) is 2.87. The molecule has 0 spiro atoms. The van der Waals surface area contributed by atoms with E-state index in [4.69, 9.17) is 16.3 Å². The summed E-state index contributed by atoms with van der Waals surface area (Å²) in [6.07, 6.45) is 1.91. The molecule has 5 nitrogen and oxygen atoms in total. The lowest BCUT2D eigenvalue weighted by molar-refractivity contribution is 0.0808. The quantitative estimate of drug-likeness (QED) is 0.765. The third-order valence-corrected chi connectivity index (χ3v) is 5.37. The molecular weight excluding hydrogens is 338 g/mol. The van der Waals surface area contributed by atoms with E-state index in [1.165, 1.54) is 0 Å². The zero-order valence-corrected chi connectivity index (χ0v) is 15.7. The van der Waals surface area contributed by atoms with E-state index in [1.54, 1.807) is 11.8 Å². The number of para-hydroxylation sites is 1. The molecule has 0 amide bonds. The first-order valence-electron chi connectivity index (χ1n) is 8.58. The number of hydrogen-bond donors (Lipinski definition) is 0. The van der Waals surface area contributed by atoms with Crippen LogP contribution in [0, 0.1) is 12.8 Å². The number of ketones is 1. The molecular formula is C19H24ClN3O2. The summed E-state index contributed by atoms with van der Waals surface area (Å²) in [5, 5.41) is 5.05. The fraction of sp³-hybridized carbons (Fsp3) is 0.474. The van der Waals surface area contributed by atoms with Gasteiger partial charge in [0.15, 0.2) is 5.78 Å². The van der Waals surface area contributed by atoms with Crippen LogP contribution in [0.2, 0.25) is 5.15 Å². The summed E-state index contributed by atoms with van der Waals surface area (Å²) in [5.74, 6) is 0.799. The van der Waals surface area contributed by atoms with Gasteiger partial charge >= 0.3 is 0 Å². The van der Waals surface area contributed by atoms with Crippen LogP contribution in [0.15, 0.2) is 24.3 Å². The molecule has 1 aliphatic heterocycles. The monoisotopic (exact) mass is 361 g/mol. The van der Waals surface area contributed by atoms with Crippen LogP contribution in [-0.4, -0.2) is 40.7 Å². The van der Waals surface area contributed by atoms with Gasteiger partial charge in [-0.3, -0.25) is 14.4 Å². The first-order valence-corrected chi connectivity index (χ1v) is 8.96. The van der Waals surface area contributed by atoms with Gasteiger partial charge in [0.25, 0.3) is 0 Å². The lowest BCUT2D eigenvalue weighted by Gasteiger charge is -2.32. The van der Waals surface area contributed by atoms with E-state index >= 15 is 0 Å². The Kier molecular flexibility index (Phi) is 5.45. The van der Waals surface area contributed by atoms with E-state index < -0.39 is 0 Å². The molecule has 1 aromatic heterocycles. The van der Waals surface area contributed by atoms with E-state index in [0.29, 0.717) is 16.5 Å². The van der Waals surface area contributed by atoms with Crippen LogP contribution in [0.25, 0.3) is 0 Å². The van der Waals surface area contributed by atoms with Gasteiger partial charge in [-0.1, -0.05) is 23.7 Å². The zero-order valence-electron chi connectivity index (χ0n) is 15.0. The molecule has 3 rings (SSSR count). The Morgan fingerprint density at radius 1 is 1.40 bits per heavy atom. The number of hydrogen-bond acceptors (Lipinski definition) is 4. The number of likely N-dealkylation sites (tertiary alicyclic amines) is 1. The highest BCUT2D eigenvalue weighted by Crippen LogP contribution is 2.28. The van der Waals surface area contributed by atoms with Crippen LogP contribution in [0.1, 0.15) is 34.5 Å². The fourth-order valence-electron chi connectivity index (χ4n) is 3.56. The lowest BCUT2D eigenvalue weighted by Crippen LogP contribution is -2.38. The number of halogens is 1. The standard InChI is InChI=1S/C19H24ClN3O2/c1-13-16(19(20)22(2)21-13)12-23-10-6-7-14(11-23)18(24)15-8-4-5-9-17(15)25-3/h4-5,8-9,14H,6-7,10-12H2,1-3H3. The molecule has 1 aliphatic rings. The molecule has 2 heterocycles. The number of Topliss-reactive ketones (excluding diaryl/α,β-unsaturated/α-hetero) is 1. The molecule has 0 N–H and O–H groups in total. The molecule has 1 aromatic carbocycles. The van der Waals surface area contributed by atoms with Crippen molar-refractivity contribution in [3.05, 3.63) is 46.2 Å². The summed E-state index contributed by atoms with van der Waals surface area (Å²) in [5.41, 5.74) is 2.67. The maximum absolute atomic E-state index is 13.0. The fourth-order valence-corrected chi connectivity index (χ4v) is 3.79. The molecule has 25 heavy (non-hydrogen) atoms. The number of carbonyl (C=O) groups excluding carboxylic acids is 1. The Morgan fingerprint density at radius 2 is 2.16 bits per heavy atom. The Morgan fingerprint density at radius 3 is 2.84 bits per heavy atom.